The quantitative estimate of drug-likeness (QED) is 0.730. The number of fused-ring (bicyclic) bond motifs is 1. The van der Waals surface area contributed by atoms with Crippen LogP contribution in [0.1, 0.15) is 32.1 Å². The molecule has 3 fully saturated rings. The lowest BCUT2D eigenvalue weighted by molar-refractivity contribution is -0.0701. The van der Waals surface area contributed by atoms with Gasteiger partial charge in [-0.15, -0.1) is 0 Å². The largest absolute Gasteiger partial charge is 0.379 e. The molecule has 0 spiro atoms. The molecule has 1 saturated carbocycles. The molecule has 2 saturated heterocycles. The first-order chi connectivity index (χ1) is 10.2. The summed E-state index contributed by atoms with van der Waals surface area (Å²) in [7, 11) is 2.20. The zero-order valence-corrected chi connectivity index (χ0v) is 13.2. The molecule has 4 heteroatoms. The smallest absolute Gasteiger partial charge is 0.131 e. The minimum atomic E-state index is -0.760. The van der Waals surface area contributed by atoms with Gasteiger partial charge in [0.15, 0.2) is 0 Å². The summed E-state index contributed by atoms with van der Waals surface area (Å²) >= 11 is 0. The van der Waals surface area contributed by atoms with Crippen LogP contribution in [0.25, 0.3) is 0 Å². The van der Waals surface area contributed by atoms with Gasteiger partial charge < -0.3 is 14.7 Å². The number of ether oxygens (including phenoxy) is 1. The molecule has 0 aromatic heterocycles. The van der Waals surface area contributed by atoms with Gasteiger partial charge in [0.25, 0.3) is 0 Å². The van der Waals surface area contributed by atoms with Gasteiger partial charge in [-0.3, -0.25) is 4.90 Å². The highest BCUT2D eigenvalue weighted by atomic mass is 16.5. The maximum Gasteiger partial charge on any atom is 0.131 e. The van der Waals surface area contributed by atoms with Gasteiger partial charge in [0.2, 0.25) is 0 Å². The van der Waals surface area contributed by atoms with Crippen LogP contribution in [-0.2, 0) is 4.74 Å². The number of morpholine rings is 1. The Morgan fingerprint density at radius 2 is 1.95 bits per heavy atom. The van der Waals surface area contributed by atoms with E-state index in [1.807, 2.05) is 0 Å². The number of likely N-dealkylation sites (tertiary alicyclic amines) is 1. The summed E-state index contributed by atoms with van der Waals surface area (Å²) in [5.74, 6) is 6.86. The number of hydrogen-bond donors (Lipinski definition) is 1. The van der Waals surface area contributed by atoms with E-state index in [-0.39, 0.29) is 0 Å². The predicted molar refractivity (Wildman–Crippen MR) is 83.0 cm³/mol. The van der Waals surface area contributed by atoms with Crippen LogP contribution >= 0.6 is 0 Å². The number of hydrogen-bond acceptors (Lipinski definition) is 4. The van der Waals surface area contributed by atoms with E-state index < -0.39 is 5.60 Å². The Bertz CT molecular complexity index is 411. The number of rotatable bonds is 1. The summed E-state index contributed by atoms with van der Waals surface area (Å²) in [6.07, 6.45) is 5.67. The lowest BCUT2D eigenvalue weighted by Crippen LogP contribution is -2.57. The van der Waals surface area contributed by atoms with Crippen molar-refractivity contribution < 1.29 is 9.84 Å². The van der Waals surface area contributed by atoms with Crippen LogP contribution in [0, 0.1) is 17.8 Å². The standard InChI is InChI=1S/C17H28N2O2/c1-18-10-8-17(20,15-5-2-3-6-16(15)18)7-4-9-19-11-13-21-14-12-19/h15-16,20H,2-3,5-6,8-14H2,1H3/t15-,16-,17-/m0/s1. The number of nitrogens with zero attached hydrogens (tertiary/aromatic N) is 2. The minimum Gasteiger partial charge on any atom is -0.379 e. The van der Waals surface area contributed by atoms with Crippen LogP contribution in [0.3, 0.4) is 0 Å². The molecule has 1 aliphatic carbocycles. The lowest BCUT2D eigenvalue weighted by Gasteiger charge is -2.49. The molecule has 2 aliphatic heterocycles. The van der Waals surface area contributed by atoms with Crippen molar-refractivity contribution in [3.05, 3.63) is 0 Å². The molecule has 1 N–H and O–H groups in total. The normalized spacial score (nSPS) is 38.4. The van der Waals surface area contributed by atoms with E-state index in [9.17, 15) is 5.11 Å². The second-order valence-corrected chi connectivity index (χ2v) is 6.80. The highest BCUT2D eigenvalue weighted by Gasteiger charge is 2.46. The molecular weight excluding hydrogens is 264 g/mol. The summed E-state index contributed by atoms with van der Waals surface area (Å²) in [5, 5.41) is 11.1. The summed E-state index contributed by atoms with van der Waals surface area (Å²) in [6, 6.07) is 0.523. The third kappa shape index (κ3) is 3.43. The fourth-order valence-corrected chi connectivity index (χ4v) is 4.11. The van der Waals surface area contributed by atoms with Crippen molar-refractivity contribution in [3.63, 3.8) is 0 Å². The first-order valence-electron chi connectivity index (χ1n) is 8.42. The van der Waals surface area contributed by atoms with Gasteiger partial charge in [-0.25, -0.2) is 0 Å². The van der Waals surface area contributed by atoms with Crippen molar-refractivity contribution in [3.8, 4) is 11.8 Å². The molecular formula is C17H28N2O2. The summed E-state index contributed by atoms with van der Waals surface area (Å²) in [4.78, 5) is 4.75. The Morgan fingerprint density at radius 1 is 1.19 bits per heavy atom. The van der Waals surface area contributed by atoms with E-state index in [1.54, 1.807) is 0 Å². The van der Waals surface area contributed by atoms with Gasteiger partial charge in [0.05, 0.1) is 19.8 Å². The van der Waals surface area contributed by atoms with Crippen molar-refractivity contribution >= 4 is 0 Å². The number of piperidine rings is 1. The highest BCUT2D eigenvalue weighted by Crippen LogP contribution is 2.40. The van der Waals surface area contributed by atoms with Crippen LogP contribution in [0.15, 0.2) is 0 Å². The molecule has 0 unspecified atom stereocenters. The third-order valence-electron chi connectivity index (χ3n) is 5.47. The Labute approximate surface area is 128 Å². The van der Waals surface area contributed by atoms with Crippen molar-refractivity contribution in [1.82, 2.24) is 9.80 Å². The SMILES string of the molecule is CN1CC[C@@](O)(C#CCN2CCOCC2)[C@H]2CCCC[C@@H]21. The molecule has 3 aliphatic rings. The predicted octanol–water partition coefficient (Wildman–Crippen LogP) is 0.947. The van der Waals surface area contributed by atoms with E-state index in [0.717, 1.165) is 52.2 Å². The zero-order valence-electron chi connectivity index (χ0n) is 13.2. The van der Waals surface area contributed by atoms with Crippen LogP contribution in [-0.4, -0.2) is 73.0 Å². The van der Waals surface area contributed by atoms with Crippen molar-refractivity contribution in [2.24, 2.45) is 5.92 Å². The number of aliphatic hydroxyl groups is 1. The lowest BCUT2D eigenvalue weighted by atomic mass is 9.69. The monoisotopic (exact) mass is 292 g/mol. The highest BCUT2D eigenvalue weighted by molar-refractivity contribution is 5.20. The average molecular weight is 292 g/mol. The van der Waals surface area contributed by atoms with Crippen LogP contribution in [0.2, 0.25) is 0 Å². The molecule has 0 bridgehead atoms. The molecule has 118 valence electrons. The first-order valence-corrected chi connectivity index (χ1v) is 8.42. The average Bonchev–Trinajstić information content (AvgIpc) is 2.53. The molecule has 0 radical (unpaired) electrons. The minimum absolute atomic E-state index is 0.335. The Kier molecular flexibility index (Phi) is 4.85. The van der Waals surface area contributed by atoms with Gasteiger partial charge in [-0.1, -0.05) is 24.7 Å². The molecule has 0 aromatic carbocycles. The molecule has 3 rings (SSSR count). The van der Waals surface area contributed by atoms with Gasteiger partial charge in [0.1, 0.15) is 5.60 Å². The van der Waals surface area contributed by atoms with E-state index in [1.165, 1.54) is 19.3 Å². The van der Waals surface area contributed by atoms with Crippen LogP contribution < -0.4 is 0 Å². The third-order valence-corrected chi connectivity index (χ3v) is 5.47. The topological polar surface area (TPSA) is 35.9 Å². The van der Waals surface area contributed by atoms with Gasteiger partial charge in [0, 0.05) is 38.0 Å². The second-order valence-electron chi connectivity index (χ2n) is 6.80. The van der Waals surface area contributed by atoms with E-state index >= 15 is 0 Å². The van der Waals surface area contributed by atoms with Crippen LogP contribution in [0.4, 0.5) is 0 Å². The fraction of sp³-hybridized carbons (Fsp3) is 0.882. The molecule has 21 heavy (non-hydrogen) atoms. The molecule has 3 atom stereocenters. The fourth-order valence-electron chi connectivity index (χ4n) is 4.11. The summed E-state index contributed by atoms with van der Waals surface area (Å²) in [6.45, 7) is 5.26. The van der Waals surface area contributed by atoms with Gasteiger partial charge >= 0.3 is 0 Å². The van der Waals surface area contributed by atoms with Gasteiger partial charge in [-0.2, -0.15) is 0 Å². The zero-order chi connectivity index (χ0) is 14.7. The van der Waals surface area contributed by atoms with Crippen molar-refractivity contribution in [2.45, 2.75) is 43.7 Å². The summed E-state index contributed by atoms with van der Waals surface area (Å²) < 4.78 is 5.35. The van der Waals surface area contributed by atoms with E-state index in [2.05, 4.69) is 28.7 Å². The molecule has 4 nitrogen and oxygen atoms in total. The van der Waals surface area contributed by atoms with E-state index in [4.69, 9.17) is 4.74 Å². The molecule has 2 heterocycles. The van der Waals surface area contributed by atoms with Gasteiger partial charge in [-0.05, 0) is 19.9 Å². The van der Waals surface area contributed by atoms with Crippen molar-refractivity contribution in [1.29, 1.82) is 0 Å². The maximum absolute atomic E-state index is 11.1. The van der Waals surface area contributed by atoms with Crippen LogP contribution in [0.5, 0.6) is 0 Å². The second kappa shape index (κ2) is 6.66. The summed E-state index contributed by atoms with van der Waals surface area (Å²) in [5.41, 5.74) is -0.760. The Balaban J connectivity index is 1.64. The Hall–Kier alpha value is -0.600. The first kappa shape index (κ1) is 15.3. The molecule has 0 aromatic rings. The van der Waals surface area contributed by atoms with E-state index in [0.29, 0.717) is 12.0 Å². The maximum atomic E-state index is 11.1. The molecule has 0 amide bonds. The Morgan fingerprint density at radius 3 is 2.76 bits per heavy atom. The van der Waals surface area contributed by atoms with Crippen molar-refractivity contribution in [2.75, 3.05) is 46.4 Å².